The van der Waals surface area contributed by atoms with Crippen LogP contribution in [0.25, 0.3) is 0 Å². The highest BCUT2D eigenvalue weighted by Gasteiger charge is 2.15. The van der Waals surface area contributed by atoms with Crippen LogP contribution in [-0.2, 0) is 6.42 Å². The summed E-state index contributed by atoms with van der Waals surface area (Å²) in [6.45, 7) is 2.24. The fourth-order valence-corrected chi connectivity index (χ4v) is 3.61. The Morgan fingerprint density at radius 1 is 0.733 bits per heavy atom. The van der Waals surface area contributed by atoms with Crippen molar-refractivity contribution >= 4 is 11.8 Å². The lowest BCUT2D eigenvalue weighted by Crippen LogP contribution is -2.19. The van der Waals surface area contributed by atoms with Crippen LogP contribution in [0.4, 0.5) is 0 Å². The van der Waals surface area contributed by atoms with Gasteiger partial charge in [-0.2, -0.15) is 0 Å². The van der Waals surface area contributed by atoms with Crippen molar-refractivity contribution in [3.8, 4) is 0 Å². The number of amides is 2. The lowest BCUT2D eigenvalue weighted by atomic mass is 9.94. The van der Waals surface area contributed by atoms with Crippen LogP contribution in [0.2, 0.25) is 0 Å². The Hall–Kier alpha value is -2.36. The molecule has 2 amide bonds. The standard InChI is InChI=1S/C26H40N2O2/c1-2-3-4-5-6-7-8-9-10-11-12-13-14-15-16-17-19-22-23(25(27)29)20-18-21-24(22)26(28)30/h6-7,9-10,18,20-21H,2-5,8,11-17,19H2,1H3,(H2,27,29)(H2,28,30)/b7-6-,10-9-. The summed E-state index contributed by atoms with van der Waals surface area (Å²) in [6, 6.07) is 4.99. The maximum Gasteiger partial charge on any atom is 0.249 e. The summed E-state index contributed by atoms with van der Waals surface area (Å²) in [5.41, 5.74) is 12.4. The number of benzene rings is 1. The largest absolute Gasteiger partial charge is 0.366 e. The molecule has 0 aliphatic carbocycles. The molecule has 166 valence electrons. The van der Waals surface area contributed by atoms with Crippen LogP contribution in [0, 0.1) is 0 Å². The van der Waals surface area contributed by atoms with Gasteiger partial charge < -0.3 is 11.5 Å². The first-order chi connectivity index (χ1) is 14.6. The molecule has 30 heavy (non-hydrogen) atoms. The Labute approximate surface area is 182 Å². The quantitative estimate of drug-likeness (QED) is 0.234. The van der Waals surface area contributed by atoms with Crippen molar-refractivity contribution in [2.75, 3.05) is 0 Å². The molecule has 0 aliphatic heterocycles. The molecule has 0 radical (unpaired) electrons. The summed E-state index contributed by atoms with van der Waals surface area (Å²) in [7, 11) is 0. The minimum Gasteiger partial charge on any atom is -0.366 e. The predicted molar refractivity (Wildman–Crippen MR) is 127 cm³/mol. The van der Waals surface area contributed by atoms with Crippen LogP contribution >= 0.6 is 0 Å². The van der Waals surface area contributed by atoms with E-state index < -0.39 is 11.8 Å². The molecule has 0 aliphatic rings. The average Bonchev–Trinajstić information content (AvgIpc) is 2.73. The van der Waals surface area contributed by atoms with E-state index in [9.17, 15) is 9.59 Å². The second-order valence-corrected chi connectivity index (χ2v) is 7.89. The van der Waals surface area contributed by atoms with Gasteiger partial charge in [0.2, 0.25) is 11.8 Å². The zero-order valence-electron chi connectivity index (χ0n) is 18.7. The molecule has 0 bridgehead atoms. The maximum absolute atomic E-state index is 11.6. The third kappa shape index (κ3) is 11.0. The van der Waals surface area contributed by atoms with E-state index >= 15 is 0 Å². The van der Waals surface area contributed by atoms with E-state index in [1.165, 1.54) is 44.9 Å². The number of carbonyl (C=O) groups excluding carboxylic acids is 2. The molecule has 0 aromatic heterocycles. The van der Waals surface area contributed by atoms with Crippen LogP contribution in [0.15, 0.2) is 42.5 Å². The molecular weight excluding hydrogens is 372 g/mol. The van der Waals surface area contributed by atoms with Crippen LogP contribution in [0.3, 0.4) is 0 Å². The first kappa shape index (κ1) is 25.7. The number of rotatable bonds is 17. The minimum atomic E-state index is -0.506. The number of allylic oxidation sites excluding steroid dienone is 4. The molecule has 4 heteroatoms. The van der Waals surface area contributed by atoms with Gasteiger partial charge >= 0.3 is 0 Å². The average molecular weight is 413 g/mol. The molecule has 1 rings (SSSR count). The Morgan fingerprint density at radius 3 is 1.77 bits per heavy atom. The summed E-state index contributed by atoms with van der Waals surface area (Å²) in [5.74, 6) is -1.01. The van der Waals surface area contributed by atoms with Gasteiger partial charge in [-0.15, -0.1) is 0 Å². The summed E-state index contributed by atoms with van der Waals surface area (Å²) in [6.07, 6.45) is 24.0. The van der Waals surface area contributed by atoms with Gasteiger partial charge in [0.1, 0.15) is 0 Å². The second kappa shape index (κ2) is 16.4. The summed E-state index contributed by atoms with van der Waals surface area (Å²) < 4.78 is 0. The number of nitrogens with two attached hydrogens (primary N) is 2. The number of hydrogen-bond donors (Lipinski definition) is 2. The van der Waals surface area contributed by atoms with E-state index in [2.05, 4.69) is 31.2 Å². The van der Waals surface area contributed by atoms with Crippen molar-refractivity contribution in [3.05, 3.63) is 59.2 Å². The Kier molecular flexibility index (Phi) is 14.1. The zero-order chi connectivity index (χ0) is 22.0. The third-order valence-corrected chi connectivity index (χ3v) is 5.33. The van der Waals surface area contributed by atoms with Crippen molar-refractivity contribution in [1.29, 1.82) is 0 Å². The van der Waals surface area contributed by atoms with Crippen molar-refractivity contribution in [2.24, 2.45) is 11.5 Å². The normalized spacial score (nSPS) is 11.5. The van der Waals surface area contributed by atoms with Crippen molar-refractivity contribution in [3.63, 3.8) is 0 Å². The van der Waals surface area contributed by atoms with Crippen molar-refractivity contribution < 1.29 is 9.59 Å². The molecule has 0 saturated heterocycles. The maximum atomic E-state index is 11.6. The Bertz CT molecular complexity index is 660. The van der Waals surface area contributed by atoms with E-state index in [1.807, 2.05) is 0 Å². The first-order valence-electron chi connectivity index (χ1n) is 11.6. The summed E-state index contributed by atoms with van der Waals surface area (Å²) in [4.78, 5) is 23.3. The molecule has 0 atom stereocenters. The van der Waals surface area contributed by atoms with E-state index in [0.29, 0.717) is 23.1 Å². The molecule has 0 spiro atoms. The van der Waals surface area contributed by atoms with Crippen LogP contribution in [-0.4, -0.2) is 11.8 Å². The van der Waals surface area contributed by atoms with Gasteiger partial charge in [-0.3, -0.25) is 9.59 Å². The highest BCUT2D eigenvalue weighted by Crippen LogP contribution is 2.18. The molecule has 4 nitrogen and oxygen atoms in total. The van der Waals surface area contributed by atoms with Gasteiger partial charge in [0, 0.05) is 11.1 Å². The molecule has 0 fully saturated rings. The van der Waals surface area contributed by atoms with Gasteiger partial charge in [-0.25, -0.2) is 0 Å². The molecular formula is C26H40N2O2. The highest BCUT2D eigenvalue weighted by atomic mass is 16.1. The smallest absolute Gasteiger partial charge is 0.249 e. The summed E-state index contributed by atoms with van der Waals surface area (Å²) >= 11 is 0. The SMILES string of the molecule is CCCCC/C=C\C/C=C\CCCCCCCCc1c(C(N)=O)cccc1C(N)=O. The first-order valence-corrected chi connectivity index (χ1v) is 11.6. The number of hydrogen-bond acceptors (Lipinski definition) is 2. The number of carbonyl (C=O) groups is 2. The monoisotopic (exact) mass is 412 g/mol. The molecule has 0 heterocycles. The fraction of sp³-hybridized carbons (Fsp3) is 0.538. The van der Waals surface area contributed by atoms with Gasteiger partial charge in [0.25, 0.3) is 0 Å². The van der Waals surface area contributed by atoms with Gasteiger partial charge in [-0.05, 0) is 62.6 Å². The van der Waals surface area contributed by atoms with Crippen molar-refractivity contribution in [2.45, 2.75) is 90.4 Å². The number of primary amides is 2. The van der Waals surface area contributed by atoms with E-state index in [-0.39, 0.29) is 0 Å². The topological polar surface area (TPSA) is 86.2 Å². The van der Waals surface area contributed by atoms with Crippen LogP contribution in [0.1, 0.15) is 110 Å². The van der Waals surface area contributed by atoms with E-state index in [4.69, 9.17) is 11.5 Å². The fourth-order valence-electron chi connectivity index (χ4n) is 3.61. The second-order valence-electron chi connectivity index (χ2n) is 7.89. The molecule has 0 unspecified atom stereocenters. The van der Waals surface area contributed by atoms with Crippen molar-refractivity contribution in [1.82, 2.24) is 0 Å². The van der Waals surface area contributed by atoms with Crippen LogP contribution < -0.4 is 11.5 Å². The Balaban J connectivity index is 2.14. The summed E-state index contributed by atoms with van der Waals surface area (Å²) in [5, 5.41) is 0. The van der Waals surface area contributed by atoms with Gasteiger partial charge in [0.05, 0.1) is 0 Å². The van der Waals surface area contributed by atoms with Crippen LogP contribution in [0.5, 0.6) is 0 Å². The molecule has 4 N–H and O–H groups in total. The lowest BCUT2D eigenvalue weighted by molar-refractivity contribution is 0.0999. The van der Waals surface area contributed by atoms with E-state index in [0.717, 1.165) is 32.1 Å². The predicted octanol–water partition coefficient (Wildman–Crippen LogP) is 6.24. The minimum absolute atomic E-state index is 0.411. The highest BCUT2D eigenvalue weighted by molar-refractivity contribution is 6.01. The molecule has 1 aromatic rings. The van der Waals surface area contributed by atoms with E-state index in [1.54, 1.807) is 18.2 Å². The van der Waals surface area contributed by atoms with Gasteiger partial charge in [-0.1, -0.05) is 75.8 Å². The van der Waals surface area contributed by atoms with Gasteiger partial charge in [0.15, 0.2) is 0 Å². The lowest BCUT2D eigenvalue weighted by Gasteiger charge is -2.11. The third-order valence-electron chi connectivity index (χ3n) is 5.33. The number of unbranched alkanes of at least 4 members (excludes halogenated alkanes) is 9. The Morgan fingerprint density at radius 2 is 1.23 bits per heavy atom. The molecule has 1 aromatic carbocycles. The zero-order valence-corrected chi connectivity index (χ0v) is 18.7. The molecule has 0 saturated carbocycles.